The van der Waals surface area contributed by atoms with E-state index >= 15 is 0 Å². The number of hydrogen-bond acceptors (Lipinski definition) is 10. The van der Waals surface area contributed by atoms with Crippen molar-refractivity contribution in [3.05, 3.63) is 41.5 Å². The predicted octanol–water partition coefficient (Wildman–Crippen LogP) is -0.342. The lowest BCUT2D eigenvalue weighted by atomic mass is 9.94. The molecule has 0 bridgehead atoms. The normalized spacial score (nSPS) is 30.9. The molecule has 2 aromatic rings. The Morgan fingerprint density at radius 3 is 2.33 bits per heavy atom. The van der Waals surface area contributed by atoms with Crippen LogP contribution in [0.5, 0.6) is 28.7 Å². The second-order valence-electron chi connectivity index (χ2n) is 7.35. The number of aliphatic hydroxyl groups is 4. The third-order valence-corrected chi connectivity index (χ3v) is 5.21. The van der Waals surface area contributed by atoms with Crippen molar-refractivity contribution in [1.29, 1.82) is 0 Å². The molecule has 10 heteroatoms. The molecular formula is C20H22O10. The summed E-state index contributed by atoms with van der Waals surface area (Å²) in [6, 6.07) is 6.73. The minimum Gasteiger partial charge on any atom is -0.507 e. The van der Waals surface area contributed by atoms with Crippen LogP contribution in [0.15, 0.2) is 30.3 Å². The number of aromatic hydroxyl groups is 3. The van der Waals surface area contributed by atoms with E-state index in [1.807, 2.05) is 0 Å². The van der Waals surface area contributed by atoms with E-state index in [0.717, 1.165) is 0 Å². The second kappa shape index (κ2) is 7.82. The molecule has 0 aliphatic carbocycles. The second-order valence-corrected chi connectivity index (χ2v) is 7.35. The van der Waals surface area contributed by atoms with Crippen molar-refractivity contribution in [2.75, 3.05) is 6.61 Å². The summed E-state index contributed by atoms with van der Waals surface area (Å²) in [7, 11) is 0. The van der Waals surface area contributed by atoms with Gasteiger partial charge in [0.15, 0.2) is 11.5 Å². The summed E-state index contributed by atoms with van der Waals surface area (Å²) in [6.45, 7) is -0.241. The molecule has 0 spiro atoms. The Morgan fingerprint density at radius 1 is 0.833 bits per heavy atom. The maximum atomic E-state index is 10.5. The van der Waals surface area contributed by atoms with Gasteiger partial charge in [0.1, 0.15) is 41.7 Å². The van der Waals surface area contributed by atoms with Gasteiger partial charge in [-0.05, 0) is 17.7 Å². The summed E-state index contributed by atoms with van der Waals surface area (Å²) in [5, 5.41) is 69.3. The van der Waals surface area contributed by atoms with Gasteiger partial charge >= 0.3 is 0 Å². The van der Waals surface area contributed by atoms with Gasteiger partial charge < -0.3 is 50.0 Å². The summed E-state index contributed by atoms with van der Waals surface area (Å²) in [6.07, 6.45) is -7.34. The number of ether oxygens (including phenoxy) is 3. The highest BCUT2D eigenvalue weighted by atomic mass is 16.7. The monoisotopic (exact) mass is 422 g/mol. The summed E-state index contributed by atoms with van der Waals surface area (Å²) in [5.41, 5.74) is 0.757. The topological polar surface area (TPSA) is 169 Å². The SMILES string of the molecule is Oc1ccc([C@H]2Oc3cc(O[C@@H]4OC[C@H](O)[C@@H](O)[C@H]4O)cc(O)c3C[C@@H]2O)cc1O. The lowest BCUT2D eigenvalue weighted by Crippen LogP contribution is -2.54. The molecule has 2 heterocycles. The molecule has 30 heavy (non-hydrogen) atoms. The number of phenolic OH excluding ortho intramolecular Hbond substituents is 3. The maximum absolute atomic E-state index is 10.5. The number of fused-ring (bicyclic) bond motifs is 1. The van der Waals surface area contributed by atoms with Crippen LogP contribution in [0, 0.1) is 0 Å². The zero-order chi connectivity index (χ0) is 21.6. The van der Waals surface area contributed by atoms with E-state index in [-0.39, 0.29) is 41.8 Å². The standard InChI is InChI=1S/C20H22O10/c21-11-2-1-8(3-13(11)23)19-14(24)6-10-12(22)4-9(5-16(10)30-19)29-20-18(27)17(26)15(25)7-28-20/h1-5,14-15,17-27H,6-7H2/t14-,15-,17+,18+,19+,20-/m0/s1. The van der Waals surface area contributed by atoms with Crippen LogP contribution in [-0.2, 0) is 11.2 Å². The fraction of sp³-hybridized carbons (Fsp3) is 0.400. The minimum atomic E-state index is -1.51. The van der Waals surface area contributed by atoms with Gasteiger partial charge in [0.05, 0.1) is 12.7 Å². The zero-order valence-electron chi connectivity index (χ0n) is 15.6. The molecule has 2 aromatic carbocycles. The van der Waals surface area contributed by atoms with Gasteiger partial charge in [-0.3, -0.25) is 0 Å². The Balaban J connectivity index is 1.58. The van der Waals surface area contributed by atoms with E-state index in [9.17, 15) is 35.7 Å². The minimum absolute atomic E-state index is 0.0568. The van der Waals surface area contributed by atoms with E-state index < -0.39 is 36.8 Å². The quantitative estimate of drug-likeness (QED) is 0.325. The molecule has 0 saturated carbocycles. The van der Waals surface area contributed by atoms with Crippen molar-refractivity contribution in [2.45, 2.75) is 43.2 Å². The van der Waals surface area contributed by atoms with Crippen molar-refractivity contribution in [2.24, 2.45) is 0 Å². The van der Waals surface area contributed by atoms with Crippen molar-refractivity contribution in [3.63, 3.8) is 0 Å². The highest BCUT2D eigenvalue weighted by molar-refractivity contribution is 5.52. The molecular weight excluding hydrogens is 400 g/mol. The Morgan fingerprint density at radius 2 is 1.60 bits per heavy atom. The lowest BCUT2D eigenvalue weighted by Gasteiger charge is -2.35. The largest absolute Gasteiger partial charge is 0.507 e. The van der Waals surface area contributed by atoms with Gasteiger partial charge in [-0.2, -0.15) is 0 Å². The van der Waals surface area contributed by atoms with E-state index in [1.54, 1.807) is 0 Å². The van der Waals surface area contributed by atoms with Crippen molar-refractivity contribution in [3.8, 4) is 28.7 Å². The summed E-state index contributed by atoms with van der Waals surface area (Å²) < 4.78 is 16.5. The summed E-state index contributed by atoms with van der Waals surface area (Å²) >= 11 is 0. The van der Waals surface area contributed by atoms with Gasteiger partial charge in [-0.25, -0.2) is 0 Å². The van der Waals surface area contributed by atoms with Gasteiger partial charge in [0.25, 0.3) is 0 Å². The molecule has 7 N–H and O–H groups in total. The van der Waals surface area contributed by atoms with Crippen molar-refractivity contribution in [1.82, 2.24) is 0 Å². The van der Waals surface area contributed by atoms with Crippen LogP contribution < -0.4 is 9.47 Å². The molecule has 1 fully saturated rings. The van der Waals surface area contributed by atoms with E-state index in [4.69, 9.17) is 14.2 Å². The molecule has 0 aromatic heterocycles. The number of aliphatic hydroxyl groups excluding tert-OH is 4. The lowest BCUT2D eigenvalue weighted by molar-refractivity contribution is -0.242. The summed E-state index contributed by atoms with van der Waals surface area (Å²) in [4.78, 5) is 0. The van der Waals surface area contributed by atoms with Gasteiger partial charge in [0.2, 0.25) is 6.29 Å². The highest BCUT2D eigenvalue weighted by Gasteiger charge is 2.39. The first-order valence-electron chi connectivity index (χ1n) is 9.29. The van der Waals surface area contributed by atoms with Gasteiger partial charge in [0, 0.05) is 24.1 Å². The molecule has 0 unspecified atom stereocenters. The molecule has 10 nitrogen and oxygen atoms in total. The van der Waals surface area contributed by atoms with E-state index in [2.05, 4.69) is 0 Å². The van der Waals surface area contributed by atoms with Crippen LogP contribution in [0.3, 0.4) is 0 Å². The van der Waals surface area contributed by atoms with Crippen LogP contribution in [0.2, 0.25) is 0 Å². The molecule has 2 aliphatic rings. The average molecular weight is 422 g/mol. The fourth-order valence-corrected chi connectivity index (χ4v) is 3.54. The number of phenols is 3. The molecule has 4 rings (SSSR count). The van der Waals surface area contributed by atoms with E-state index in [1.165, 1.54) is 30.3 Å². The first kappa shape index (κ1) is 20.5. The number of benzene rings is 2. The Bertz CT molecular complexity index is 932. The Hall–Kier alpha value is -2.76. The van der Waals surface area contributed by atoms with Gasteiger partial charge in [-0.15, -0.1) is 0 Å². The molecule has 0 radical (unpaired) electrons. The molecule has 6 atom stereocenters. The molecule has 162 valence electrons. The van der Waals surface area contributed by atoms with Crippen molar-refractivity contribution >= 4 is 0 Å². The Labute approximate surface area is 170 Å². The highest BCUT2D eigenvalue weighted by Crippen LogP contribution is 2.43. The third-order valence-electron chi connectivity index (χ3n) is 5.21. The number of rotatable bonds is 3. The van der Waals surface area contributed by atoms with E-state index in [0.29, 0.717) is 11.1 Å². The molecule has 0 amide bonds. The first-order valence-corrected chi connectivity index (χ1v) is 9.29. The zero-order valence-corrected chi connectivity index (χ0v) is 15.6. The maximum Gasteiger partial charge on any atom is 0.228 e. The van der Waals surface area contributed by atoms with Crippen LogP contribution in [0.1, 0.15) is 17.2 Å². The van der Waals surface area contributed by atoms with Crippen molar-refractivity contribution < 1.29 is 50.0 Å². The third kappa shape index (κ3) is 3.71. The van der Waals surface area contributed by atoms with Crippen LogP contribution >= 0.6 is 0 Å². The van der Waals surface area contributed by atoms with Crippen LogP contribution in [0.4, 0.5) is 0 Å². The predicted molar refractivity (Wildman–Crippen MR) is 99.3 cm³/mol. The van der Waals surface area contributed by atoms with Crippen LogP contribution in [-0.4, -0.2) is 73.1 Å². The molecule has 1 saturated heterocycles. The smallest absolute Gasteiger partial charge is 0.228 e. The van der Waals surface area contributed by atoms with Gasteiger partial charge in [-0.1, -0.05) is 6.07 Å². The molecule has 2 aliphatic heterocycles. The first-order chi connectivity index (χ1) is 14.2. The fourth-order valence-electron chi connectivity index (χ4n) is 3.54. The number of hydrogen-bond donors (Lipinski definition) is 7. The summed E-state index contributed by atoms with van der Waals surface area (Å²) in [5.74, 6) is -0.602. The Kier molecular flexibility index (Phi) is 5.35. The van der Waals surface area contributed by atoms with Crippen LogP contribution in [0.25, 0.3) is 0 Å². The average Bonchev–Trinajstić information content (AvgIpc) is 2.71.